The minimum absolute atomic E-state index is 0.0151. The molecule has 7 nitrogen and oxygen atoms in total. The summed E-state index contributed by atoms with van der Waals surface area (Å²) in [7, 11) is 0. The maximum absolute atomic E-state index is 13.1. The van der Waals surface area contributed by atoms with E-state index in [1.165, 1.54) is 0 Å². The van der Waals surface area contributed by atoms with Crippen molar-refractivity contribution >= 4 is 29.1 Å². The smallest absolute Gasteiger partial charge is 0.234 e. The summed E-state index contributed by atoms with van der Waals surface area (Å²) in [6.07, 6.45) is 3.64. The molecular formula is C20H23N3O4S. The number of ether oxygens (including phenoxy) is 2. The molecule has 3 aliphatic rings. The van der Waals surface area contributed by atoms with Crippen LogP contribution in [0.25, 0.3) is 0 Å². The fraction of sp³-hybridized carbons (Fsp3) is 0.450. The van der Waals surface area contributed by atoms with Gasteiger partial charge in [0, 0.05) is 18.5 Å². The number of carbonyl (C=O) groups is 2. The Kier molecular flexibility index (Phi) is 5.21. The first kappa shape index (κ1) is 18.7. The van der Waals surface area contributed by atoms with Crippen molar-refractivity contribution in [1.82, 2.24) is 15.5 Å². The van der Waals surface area contributed by atoms with E-state index < -0.39 is 0 Å². The predicted octanol–water partition coefficient (Wildman–Crippen LogP) is 1.72. The van der Waals surface area contributed by atoms with E-state index in [9.17, 15) is 9.59 Å². The summed E-state index contributed by atoms with van der Waals surface area (Å²) in [6.45, 7) is 4.67. The Morgan fingerprint density at radius 2 is 2.18 bits per heavy atom. The molecule has 148 valence electrons. The Hall–Kier alpha value is -2.61. The number of fused-ring (bicyclic) bond motifs is 2. The highest BCUT2D eigenvalue weighted by atomic mass is 32.1. The molecule has 2 aliphatic heterocycles. The third-order valence-electron chi connectivity index (χ3n) is 5.56. The van der Waals surface area contributed by atoms with E-state index >= 15 is 0 Å². The largest absolute Gasteiger partial charge is 0.454 e. The molecule has 2 fully saturated rings. The molecule has 1 saturated carbocycles. The van der Waals surface area contributed by atoms with Gasteiger partial charge in [-0.05, 0) is 49.2 Å². The average Bonchev–Trinajstić information content (AvgIpc) is 3.16. The number of nitrogens with one attached hydrogen (secondary N) is 2. The molecule has 28 heavy (non-hydrogen) atoms. The number of rotatable bonds is 5. The zero-order chi connectivity index (χ0) is 19.7. The third-order valence-corrected chi connectivity index (χ3v) is 5.89. The fourth-order valence-corrected chi connectivity index (χ4v) is 4.40. The zero-order valence-electron chi connectivity index (χ0n) is 15.5. The van der Waals surface area contributed by atoms with Crippen molar-refractivity contribution in [1.29, 1.82) is 0 Å². The standard InChI is InChI=1S/C20H23N3O4S/c1-2-7-21-18(24)13-4-5-14-15(9-13)22-20(28)23(19(14)25)10-12-3-6-16-17(8-12)27-11-26-16/h2-3,6,8,13-15H,1,4-5,7,9-11H2,(H,21,24)(H,22,28). The van der Waals surface area contributed by atoms with Gasteiger partial charge in [0.25, 0.3) is 0 Å². The molecule has 2 amide bonds. The molecule has 8 heteroatoms. The van der Waals surface area contributed by atoms with Crippen LogP contribution >= 0.6 is 12.2 Å². The summed E-state index contributed by atoms with van der Waals surface area (Å²) in [5.41, 5.74) is 0.928. The van der Waals surface area contributed by atoms with Crippen LogP contribution in [0.5, 0.6) is 11.5 Å². The van der Waals surface area contributed by atoms with Crippen molar-refractivity contribution in [2.45, 2.75) is 31.8 Å². The van der Waals surface area contributed by atoms with Gasteiger partial charge in [-0.1, -0.05) is 12.1 Å². The molecule has 3 atom stereocenters. The number of thiocarbonyl (C=S) groups is 1. The second kappa shape index (κ2) is 7.79. The first-order chi connectivity index (χ1) is 13.6. The maximum atomic E-state index is 13.1. The van der Waals surface area contributed by atoms with Crippen molar-refractivity contribution in [2.75, 3.05) is 13.3 Å². The van der Waals surface area contributed by atoms with E-state index in [1.54, 1.807) is 11.0 Å². The summed E-state index contributed by atoms with van der Waals surface area (Å²) >= 11 is 5.47. The second-order valence-electron chi connectivity index (χ2n) is 7.32. The lowest BCUT2D eigenvalue weighted by atomic mass is 9.76. The topological polar surface area (TPSA) is 79.9 Å². The summed E-state index contributed by atoms with van der Waals surface area (Å²) in [6, 6.07) is 5.54. The first-order valence-electron chi connectivity index (χ1n) is 9.46. The van der Waals surface area contributed by atoms with Crippen LogP contribution in [0.4, 0.5) is 0 Å². The number of hydrogen-bond donors (Lipinski definition) is 2. The van der Waals surface area contributed by atoms with Crippen LogP contribution in [0.2, 0.25) is 0 Å². The van der Waals surface area contributed by atoms with Gasteiger partial charge >= 0.3 is 0 Å². The van der Waals surface area contributed by atoms with Gasteiger partial charge in [-0.3, -0.25) is 14.5 Å². The summed E-state index contributed by atoms with van der Waals surface area (Å²) < 4.78 is 10.7. The van der Waals surface area contributed by atoms with Crippen LogP contribution in [-0.4, -0.2) is 41.2 Å². The highest BCUT2D eigenvalue weighted by Gasteiger charge is 2.44. The van der Waals surface area contributed by atoms with Crippen molar-refractivity contribution in [3.8, 4) is 11.5 Å². The van der Waals surface area contributed by atoms with Crippen LogP contribution in [0.3, 0.4) is 0 Å². The summed E-state index contributed by atoms with van der Waals surface area (Å²) in [4.78, 5) is 27.0. The number of benzene rings is 1. The molecule has 0 spiro atoms. The first-order valence-corrected chi connectivity index (χ1v) is 9.86. The predicted molar refractivity (Wildman–Crippen MR) is 107 cm³/mol. The lowest BCUT2D eigenvalue weighted by Gasteiger charge is -2.43. The molecule has 3 unspecified atom stereocenters. The van der Waals surface area contributed by atoms with Gasteiger partial charge in [-0.25, -0.2) is 0 Å². The molecule has 1 aliphatic carbocycles. The minimum Gasteiger partial charge on any atom is -0.454 e. The Balaban J connectivity index is 1.42. The molecule has 4 rings (SSSR count). The normalized spacial score (nSPS) is 25.7. The molecule has 2 heterocycles. The van der Waals surface area contributed by atoms with Crippen LogP contribution in [0.1, 0.15) is 24.8 Å². The van der Waals surface area contributed by atoms with E-state index in [0.29, 0.717) is 49.0 Å². The molecular weight excluding hydrogens is 378 g/mol. The van der Waals surface area contributed by atoms with Crippen molar-refractivity contribution in [3.63, 3.8) is 0 Å². The van der Waals surface area contributed by atoms with Gasteiger partial charge in [0.15, 0.2) is 16.6 Å². The number of amides is 2. The molecule has 1 saturated heterocycles. The summed E-state index contributed by atoms with van der Waals surface area (Å²) in [5.74, 6) is 1.17. The lowest BCUT2D eigenvalue weighted by Crippen LogP contribution is -2.61. The molecule has 1 aromatic carbocycles. The van der Waals surface area contributed by atoms with Crippen LogP contribution in [0, 0.1) is 11.8 Å². The highest BCUT2D eigenvalue weighted by Crippen LogP contribution is 2.35. The fourth-order valence-electron chi connectivity index (χ4n) is 4.09. The second-order valence-corrected chi connectivity index (χ2v) is 7.70. The van der Waals surface area contributed by atoms with E-state index in [-0.39, 0.29) is 36.5 Å². The van der Waals surface area contributed by atoms with E-state index in [0.717, 1.165) is 5.56 Å². The molecule has 0 radical (unpaired) electrons. The Bertz CT molecular complexity index is 828. The van der Waals surface area contributed by atoms with Gasteiger partial charge in [-0.15, -0.1) is 6.58 Å². The van der Waals surface area contributed by atoms with Crippen molar-refractivity contribution in [2.24, 2.45) is 11.8 Å². The molecule has 1 aromatic rings. The number of carbonyl (C=O) groups excluding carboxylic acids is 2. The Morgan fingerprint density at radius 3 is 3.00 bits per heavy atom. The van der Waals surface area contributed by atoms with Crippen LogP contribution in [0.15, 0.2) is 30.9 Å². The Morgan fingerprint density at radius 1 is 1.36 bits per heavy atom. The van der Waals surface area contributed by atoms with Gasteiger partial charge in [0.2, 0.25) is 18.6 Å². The quantitative estimate of drug-likeness (QED) is 0.578. The summed E-state index contributed by atoms with van der Waals surface area (Å²) in [5, 5.41) is 6.55. The highest BCUT2D eigenvalue weighted by molar-refractivity contribution is 7.80. The van der Waals surface area contributed by atoms with Gasteiger partial charge in [-0.2, -0.15) is 0 Å². The average molecular weight is 401 g/mol. The zero-order valence-corrected chi connectivity index (χ0v) is 16.3. The monoisotopic (exact) mass is 401 g/mol. The van der Waals surface area contributed by atoms with Crippen LogP contribution < -0.4 is 20.1 Å². The van der Waals surface area contributed by atoms with Gasteiger partial charge in [0.05, 0.1) is 12.5 Å². The third kappa shape index (κ3) is 3.56. The Labute approximate surface area is 169 Å². The van der Waals surface area contributed by atoms with Gasteiger partial charge < -0.3 is 20.1 Å². The van der Waals surface area contributed by atoms with Gasteiger partial charge in [0.1, 0.15) is 0 Å². The van der Waals surface area contributed by atoms with Crippen molar-refractivity contribution in [3.05, 3.63) is 36.4 Å². The maximum Gasteiger partial charge on any atom is 0.234 e. The molecule has 2 N–H and O–H groups in total. The van der Waals surface area contributed by atoms with E-state index in [4.69, 9.17) is 21.7 Å². The minimum atomic E-state index is -0.163. The van der Waals surface area contributed by atoms with Crippen molar-refractivity contribution < 1.29 is 19.1 Å². The molecule has 0 bridgehead atoms. The van der Waals surface area contributed by atoms with E-state index in [2.05, 4.69) is 17.2 Å². The number of hydrogen-bond acceptors (Lipinski definition) is 5. The molecule has 0 aromatic heterocycles. The SMILES string of the molecule is C=CCNC(=O)C1CCC2C(=O)N(Cc3ccc4c(c3)OCO4)C(=S)NC2C1. The van der Waals surface area contributed by atoms with Crippen LogP contribution in [-0.2, 0) is 16.1 Å². The number of nitrogens with zero attached hydrogens (tertiary/aromatic N) is 1. The lowest BCUT2D eigenvalue weighted by molar-refractivity contribution is -0.138. The van der Waals surface area contributed by atoms with E-state index in [1.807, 2.05) is 18.2 Å².